The van der Waals surface area contributed by atoms with Crippen LogP contribution in [0.15, 0.2) is 21.7 Å². The van der Waals surface area contributed by atoms with Gasteiger partial charge in [0.2, 0.25) is 10.0 Å². The van der Waals surface area contributed by atoms with E-state index in [1.54, 1.807) is 19.9 Å². The molecule has 0 aliphatic rings. The van der Waals surface area contributed by atoms with Crippen LogP contribution in [0.25, 0.3) is 0 Å². The van der Waals surface area contributed by atoms with Gasteiger partial charge in [-0.2, -0.15) is 5.10 Å². The van der Waals surface area contributed by atoms with Crippen LogP contribution in [0.1, 0.15) is 17.1 Å². The van der Waals surface area contributed by atoms with Crippen molar-refractivity contribution in [2.24, 2.45) is 0 Å². The van der Waals surface area contributed by atoms with Crippen LogP contribution in [-0.4, -0.2) is 23.8 Å². The zero-order valence-corrected chi connectivity index (χ0v) is 10.2. The molecule has 0 radical (unpaired) electrons. The summed E-state index contributed by atoms with van der Waals surface area (Å²) in [5, 5.41) is 9.97. The summed E-state index contributed by atoms with van der Waals surface area (Å²) in [6.45, 7) is 3.35. The van der Waals surface area contributed by atoms with Gasteiger partial charge in [-0.25, -0.2) is 13.1 Å². The normalized spacial score (nSPS) is 11.9. The molecule has 2 N–H and O–H groups in total. The highest BCUT2D eigenvalue weighted by Gasteiger charge is 2.22. The third-order valence-corrected chi connectivity index (χ3v) is 3.92. The van der Waals surface area contributed by atoms with Gasteiger partial charge >= 0.3 is 0 Å². The number of nitrogens with zero attached hydrogens (tertiary/aromatic N) is 2. The van der Waals surface area contributed by atoms with Crippen LogP contribution in [-0.2, 0) is 16.6 Å². The van der Waals surface area contributed by atoms with E-state index in [9.17, 15) is 8.42 Å². The van der Waals surface area contributed by atoms with Crippen LogP contribution in [0.4, 0.5) is 0 Å². The highest BCUT2D eigenvalue weighted by Crippen LogP contribution is 2.16. The first-order valence-corrected chi connectivity index (χ1v) is 6.40. The predicted molar refractivity (Wildman–Crippen MR) is 58.6 cm³/mol. The molecule has 0 amide bonds. The SMILES string of the molecule is Cc1n[nH]c(C)c1S(=O)(=O)NCc1ccno1. The number of rotatable bonds is 4. The summed E-state index contributed by atoms with van der Waals surface area (Å²) in [5.74, 6) is 0.451. The quantitative estimate of drug-likeness (QED) is 0.829. The lowest BCUT2D eigenvalue weighted by molar-refractivity contribution is 0.380. The van der Waals surface area contributed by atoms with Crippen molar-refractivity contribution >= 4 is 10.0 Å². The van der Waals surface area contributed by atoms with Crippen LogP contribution >= 0.6 is 0 Å². The first kappa shape index (κ1) is 11.8. The smallest absolute Gasteiger partial charge is 0.244 e. The molecule has 0 fully saturated rings. The zero-order chi connectivity index (χ0) is 12.5. The zero-order valence-electron chi connectivity index (χ0n) is 9.39. The van der Waals surface area contributed by atoms with Gasteiger partial charge in [-0.15, -0.1) is 0 Å². The molecular weight excluding hydrogens is 244 g/mol. The fourth-order valence-electron chi connectivity index (χ4n) is 1.51. The predicted octanol–water partition coefficient (Wildman–Crippen LogP) is 0.493. The standard InChI is InChI=1S/C9H12N4O3S/c1-6-9(7(2)13-12-6)17(14,15)11-5-8-3-4-10-16-8/h3-4,11H,5H2,1-2H3,(H,12,13). The molecule has 2 aromatic rings. The second kappa shape index (κ2) is 4.30. The van der Waals surface area contributed by atoms with Gasteiger partial charge in [-0.3, -0.25) is 5.10 Å². The van der Waals surface area contributed by atoms with Crippen LogP contribution in [0.2, 0.25) is 0 Å². The Morgan fingerprint density at radius 2 is 2.24 bits per heavy atom. The number of aromatic nitrogens is 3. The minimum atomic E-state index is -3.59. The average Bonchev–Trinajstić information content (AvgIpc) is 2.86. The molecule has 92 valence electrons. The lowest BCUT2D eigenvalue weighted by Gasteiger charge is -2.04. The summed E-state index contributed by atoms with van der Waals surface area (Å²) in [6, 6.07) is 1.59. The summed E-state index contributed by atoms with van der Waals surface area (Å²) in [6.07, 6.45) is 1.46. The molecule has 0 bridgehead atoms. The number of hydrogen-bond donors (Lipinski definition) is 2. The molecule has 0 saturated carbocycles. The molecule has 0 aromatic carbocycles. The lowest BCUT2D eigenvalue weighted by atomic mass is 10.4. The lowest BCUT2D eigenvalue weighted by Crippen LogP contribution is -2.24. The van der Waals surface area contributed by atoms with E-state index in [2.05, 4.69) is 20.1 Å². The van der Waals surface area contributed by atoms with E-state index in [0.717, 1.165) is 0 Å². The number of aryl methyl sites for hydroxylation is 2. The Bertz CT molecular complexity index is 581. The van der Waals surface area contributed by atoms with Crippen molar-refractivity contribution in [1.82, 2.24) is 20.1 Å². The van der Waals surface area contributed by atoms with Gasteiger partial charge in [0, 0.05) is 6.07 Å². The van der Waals surface area contributed by atoms with Gasteiger partial charge in [0.05, 0.1) is 24.1 Å². The van der Waals surface area contributed by atoms with Crippen LogP contribution < -0.4 is 4.72 Å². The van der Waals surface area contributed by atoms with E-state index in [0.29, 0.717) is 17.1 Å². The van der Waals surface area contributed by atoms with Gasteiger partial charge in [0.1, 0.15) is 4.90 Å². The molecule has 0 aliphatic heterocycles. The first-order chi connectivity index (χ1) is 8.00. The highest BCUT2D eigenvalue weighted by molar-refractivity contribution is 7.89. The number of hydrogen-bond acceptors (Lipinski definition) is 5. The van der Waals surface area contributed by atoms with Crippen molar-refractivity contribution in [3.63, 3.8) is 0 Å². The molecule has 0 saturated heterocycles. The molecule has 7 nitrogen and oxygen atoms in total. The van der Waals surface area contributed by atoms with Crippen molar-refractivity contribution in [3.05, 3.63) is 29.4 Å². The average molecular weight is 256 g/mol. The first-order valence-electron chi connectivity index (χ1n) is 4.91. The minimum Gasteiger partial charge on any atom is -0.360 e. The second-order valence-electron chi connectivity index (χ2n) is 3.57. The van der Waals surface area contributed by atoms with E-state index < -0.39 is 10.0 Å². The van der Waals surface area contributed by atoms with Gasteiger partial charge in [-0.1, -0.05) is 5.16 Å². The minimum absolute atomic E-state index is 0.0619. The Morgan fingerprint density at radius 3 is 2.76 bits per heavy atom. The van der Waals surface area contributed by atoms with Gasteiger partial charge in [-0.05, 0) is 13.8 Å². The summed E-state index contributed by atoms with van der Waals surface area (Å²) < 4.78 is 31.2. The Kier molecular flexibility index (Phi) is 2.99. The largest absolute Gasteiger partial charge is 0.360 e. The maximum absolute atomic E-state index is 12.0. The fraction of sp³-hybridized carbons (Fsp3) is 0.333. The van der Waals surface area contributed by atoms with E-state index in [1.807, 2.05) is 0 Å². The fourth-order valence-corrected chi connectivity index (χ4v) is 2.87. The summed E-state index contributed by atoms with van der Waals surface area (Å²) in [5.41, 5.74) is 0.945. The maximum Gasteiger partial charge on any atom is 0.244 e. The molecule has 2 heterocycles. The topological polar surface area (TPSA) is 101 Å². The van der Waals surface area contributed by atoms with Crippen molar-refractivity contribution in [2.75, 3.05) is 0 Å². The molecule has 0 aliphatic carbocycles. The Balaban J connectivity index is 2.20. The summed E-state index contributed by atoms with van der Waals surface area (Å²) in [7, 11) is -3.59. The summed E-state index contributed by atoms with van der Waals surface area (Å²) in [4.78, 5) is 0.178. The molecule has 2 aromatic heterocycles. The van der Waals surface area contributed by atoms with Gasteiger partial charge < -0.3 is 4.52 Å². The van der Waals surface area contributed by atoms with E-state index in [1.165, 1.54) is 6.20 Å². The van der Waals surface area contributed by atoms with Gasteiger partial charge in [0.15, 0.2) is 5.76 Å². The number of aromatic amines is 1. The van der Waals surface area contributed by atoms with Crippen LogP contribution in [0.5, 0.6) is 0 Å². The van der Waals surface area contributed by atoms with Crippen LogP contribution in [0, 0.1) is 13.8 Å². The molecule has 0 unspecified atom stereocenters. The Hall–Kier alpha value is -1.67. The monoisotopic (exact) mass is 256 g/mol. The number of nitrogens with one attached hydrogen (secondary N) is 2. The van der Waals surface area contributed by atoms with Crippen LogP contribution in [0.3, 0.4) is 0 Å². The second-order valence-corrected chi connectivity index (χ2v) is 5.27. The molecule has 17 heavy (non-hydrogen) atoms. The number of sulfonamides is 1. The van der Waals surface area contributed by atoms with Crippen molar-refractivity contribution in [1.29, 1.82) is 0 Å². The van der Waals surface area contributed by atoms with E-state index in [4.69, 9.17) is 4.52 Å². The summed E-state index contributed by atoms with van der Waals surface area (Å²) >= 11 is 0. The third kappa shape index (κ3) is 2.37. The highest BCUT2D eigenvalue weighted by atomic mass is 32.2. The maximum atomic E-state index is 12.0. The molecular formula is C9H12N4O3S. The Labute approximate surface area is 98.3 Å². The third-order valence-electron chi connectivity index (χ3n) is 2.26. The van der Waals surface area contributed by atoms with Crippen molar-refractivity contribution < 1.29 is 12.9 Å². The van der Waals surface area contributed by atoms with E-state index >= 15 is 0 Å². The molecule has 0 spiro atoms. The Morgan fingerprint density at radius 1 is 1.47 bits per heavy atom. The molecule has 2 rings (SSSR count). The molecule has 0 atom stereocenters. The number of H-pyrrole nitrogens is 1. The molecule has 8 heteroatoms. The van der Waals surface area contributed by atoms with Crippen molar-refractivity contribution in [3.8, 4) is 0 Å². The van der Waals surface area contributed by atoms with E-state index in [-0.39, 0.29) is 11.4 Å². The van der Waals surface area contributed by atoms with Gasteiger partial charge in [0.25, 0.3) is 0 Å². The van der Waals surface area contributed by atoms with Crippen molar-refractivity contribution in [2.45, 2.75) is 25.3 Å².